The number of benzene rings is 1. The molecule has 2 nitrogen and oxygen atoms in total. The third-order valence-electron chi connectivity index (χ3n) is 2.06. The molecule has 0 spiro atoms. The maximum Gasteiger partial charge on any atom is 0.417 e. The van der Waals surface area contributed by atoms with Crippen LogP contribution in [-0.4, -0.2) is 12.4 Å². The van der Waals surface area contributed by atoms with Gasteiger partial charge < -0.3 is 4.74 Å². The van der Waals surface area contributed by atoms with E-state index in [-0.39, 0.29) is 10.2 Å². The molecule has 0 aliphatic carbocycles. The van der Waals surface area contributed by atoms with Crippen molar-refractivity contribution in [2.75, 3.05) is 6.61 Å². The summed E-state index contributed by atoms with van der Waals surface area (Å²) in [5.74, 6) is -0.434. The summed E-state index contributed by atoms with van der Waals surface area (Å²) in [4.78, 5) is 11.3. The Morgan fingerprint density at radius 2 is 2.00 bits per heavy atom. The van der Waals surface area contributed by atoms with Crippen LogP contribution in [-0.2, 0) is 6.18 Å². The summed E-state index contributed by atoms with van der Waals surface area (Å²) in [6.45, 7) is 3.10. The first-order chi connectivity index (χ1) is 7.79. The maximum absolute atomic E-state index is 12.7. The summed E-state index contributed by atoms with van der Waals surface area (Å²) in [5.41, 5.74) is -1.36. The quantitative estimate of drug-likeness (QED) is 0.787. The normalized spacial score (nSPS) is 11.4. The minimum Gasteiger partial charge on any atom is -0.493 e. The number of alkyl halides is 3. The Bertz CT molecular complexity index is 441. The van der Waals surface area contributed by atoms with E-state index in [4.69, 9.17) is 4.74 Å². The molecule has 0 amide bonds. The van der Waals surface area contributed by atoms with E-state index in [9.17, 15) is 18.0 Å². The van der Waals surface area contributed by atoms with Crippen molar-refractivity contribution < 1.29 is 22.7 Å². The summed E-state index contributed by atoms with van der Waals surface area (Å²) in [7, 11) is 0. The van der Waals surface area contributed by atoms with Crippen LogP contribution in [0.4, 0.5) is 13.2 Å². The number of ketones is 1. The third kappa shape index (κ3) is 3.00. The second-order valence-corrected chi connectivity index (χ2v) is 4.08. The SMILES string of the molecule is CCOc1ccc(C(F)(F)F)c(C(C)=O)c1Br. The van der Waals surface area contributed by atoms with Gasteiger partial charge in [0, 0.05) is 5.56 Å². The smallest absolute Gasteiger partial charge is 0.417 e. The summed E-state index contributed by atoms with van der Waals surface area (Å²) in [6.07, 6.45) is -4.56. The Morgan fingerprint density at radius 1 is 1.41 bits per heavy atom. The Kier molecular flexibility index (Phi) is 4.19. The van der Waals surface area contributed by atoms with Crippen LogP contribution < -0.4 is 4.74 Å². The van der Waals surface area contributed by atoms with E-state index in [1.165, 1.54) is 6.07 Å². The number of hydrogen-bond acceptors (Lipinski definition) is 2. The number of ether oxygens (including phenoxy) is 1. The molecule has 0 saturated heterocycles. The van der Waals surface area contributed by atoms with Gasteiger partial charge in [-0.1, -0.05) is 0 Å². The van der Waals surface area contributed by atoms with Crippen LogP contribution in [0.15, 0.2) is 16.6 Å². The predicted molar refractivity (Wildman–Crippen MR) is 60.3 cm³/mol. The van der Waals surface area contributed by atoms with E-state index in [1.54, 1.807) is 6.92 Å². The minimum atomic E-state index is -4.56. The van der Waals surface area contributed by atoms with Crippen LogP contribution in [0.25, 0.3) is 0 Å². The molecule has 0 aromatic heterocycles. The first-order valence-corrected chi connectivity index (χ1v) is 5.61. The molecule has 1 aromatic rings. The summed E-state index contributed by atoms with van der Waals surface area (Å²) < 4.78 is 43.2. The number of hydrogen-bond donors (Lipinski definition) is 0. The highest BCUT2D eigenvalue weighted by Gasteiger charge is 2.36. The fraction of sp³-hybridized carbons (Fsp3) is 0.364. The van der Waals surface area contributed by atoms with Gasteiger partial charge in [-0.05, 0) is 41.9 Å². The van der Waals surface area contributed by atoms with Crippen LogP contribution in [0.5, 0.6) is 5.75 Å². The van der Waals surface area contributed by atoms with Gasteiger partial charge in [-0.15, -0.1) is 0 Å². The molecule has 94 valence electrons. The molecule has 0 radical (unpaired) electrons. The van der Waals surface area contributed by atoms with Gasteiger partial charge in [-0.25, -0.2) is 0 Å². The van der Waals surface area contributed by atoms with Crippen LogP contribution in [0.2, 0.25) is 0 Å². The van der Waals surface area contributed by atoms with Crippen LogP contribution in [0.1, 0.15) is 29.8 Å². The summed E-state index contributed by atoms with van der Waals surface area (Å²) in [5, 5.41) is 0. The zero-order valence-corrected chi connectivity index (χ0v) is 10.8. The highest BCUT2D eigenvalue weighted by atomic mass is 79.9. The van der Waals surface area contributed by atoms with Gasteiger partial charge in [-0.2, -0.15) is 13.2 Å². The average Bonchev–Trinajstić information content (AvgIpc) is 2.18. The minimum absolute atomic E-state index is 0.0432. The molecule has 0 unspecified atom stereocenters. The van der Waals surface area contributed by atoms with E-state index in [0.29, 0.717) is 6.61 Å². The fourth-order valence-electron chi connectivity index (χ4n) is 1.40. The molecular weight excluding hydrogens is 301 g/mol. The first-order valence-electron chi connectivity index (χ1n) is 4.82. The fourth-order valence-corrected chi connectivity index (χ4v) is 2.14. The standard InChI is InChI=1S/C11H10BrF3O2/c1-3-17-8-5-4-7(11(13,14)15)9(6(2)16)10(8)12/h4-5H,3H2,1-2H3. The summed E-state index contributed by atoms with van der Waals surface area (Å²) in [6, 6.07) is 2.05. The number of rotatable bonds is 3. The zero-order valence-electron chi connectivity index (χ0n) is 9.19. The molecule has 0 aliphatic rings. The topological polar surface area (TPSA) is 26.3 Å². The molecule has 0 saturated carbocycles. The van der Waals surface area contributed by atoms with Crippen molar-refractivity contribution in [2.45, 2.75) is 20.0 Å². The lowest BCUT2D eigenvalue weighted by atomic mass is 10.0. The molecule has 0 aliphatic heterocycles. The highest BCUT2D eigenvalue weighted by Crippen LogP contribution is 2.39. The van der Waals surface area contributed by atoms with Gasteiger partial charge in [-0.3, -0.25) is 4.79 Å². The van der Waals surface area contributed by atoms with Gasteiger partial charge in [0.05, 0.1) is 16.6 Å². The lowest BCUT2D eigenvalue weighted by molar-refractivity contribution is -0.138. The number of Topliss-reactive ketones (excluding diaryl/α,β-unsaturated/α-hetero) is 1. The highest BCUT2D eigenvalue weighted by molar-refractivity contribution is 9.10. The van der Waals surface area contributed by atoms with E-state index < -0.39 is 23.1 Å². The van der Waals surface area contributed by atoms with E-state index in [0.717, 1.165) is 13.0 Å². The van der Waals surface area contributed by atoms with Crippen molar-refractivity contribution in [3.8, 4) is 5.75 Å². The van der Waals surface area contributed by atoms with Crippen molar-refractivity contribution in [2.24, 2.45) is 0 Å². The van der Waals surface area contributed by atoms with Crippen LogP contribution in [0.3, 0.4) is 0 Å². The Hall–Kier alpha value is -1.04. The van der Waals surface area contributed by atoms with Gasteiger partial charge in [0.15, 0.2) is 5.78 Å². The van der Waals surface area contributed by atoms with Crippen molar-refractivity contribution in [3.05, 3.63) is 27.7 Å². The maximum atomic E-state index is 12.7. The number of carbonyl (C=O) groups excluding carboxylic acids is 1. The molecule has 0 atom stereocenters. The largest absolute Gasteiger partial charge is 0.493 e. The zero-order chi connectivity index (χ0) is 13.2. The Labute approximate surface area is 105 Å². The lowest BCUT2D eigenvalue weighted by Crippen LogP contribution is -2.13. The van der Waals surface area contributed by atoms with Crippen LogP contribution >= 0.6 is 15.9 Å². The average molecular weight is 311 g/mol. The number of halogens is 4. The van der Waals surface area contributed by atoms with E-state index in [1.807, 2.05) is 0 Å². The van der Waals surface area contributed by atoms with E-state index >= 15 is 0 Å². The molecule has 17 heavy (non-hydrogen) atoms. The van der Waals surface area contributed by atoms with Crippen molar-refractivity contribution >= 4 is 21.7 Å². The molecule has 0 fully saturated rings. The lowest BCUT2D eigenvalue weighted by Gasteiger charge is -2.15. The van der Waals surface area contributed by atoms with Gasteiger partial charge >= 0.3 is 6.18 Å². The van der Waals surface area contributed by atoms with Gasteiger partial charge in [0.25, 0.3) is 0 Å². The van der Waals surface area contributed by atoms with Gasteiger partial charge in [0.2, 0.25) is 0 Å². The van der Waals surface area contributed by atoms with Gasteiger partial charge in [0.1, 0.15) is 5.75 Å². The Morgan fingerprint density at radius 3 is 2.41 bits per heavy atom. The van der Waals surface area contributed by atoms with E-state index in [2.05, 4.69) is 15.9 Å². The molecule has 6 heteroatoms. The predicted octanol–water partition coefficient (Wildman–Crippen LogP) is 4.07. The first kappa shape index (κ1) is 14.0. The number of carbonyl (C=O) groups is 1. The van der Waals surface area contributed by atoms with Crippen molar-refractivity contribution in [3.63, 3.8) is 0 Å². The molecule has 0 bridgehead atoms. The third-order valence-corrected chi connectivity index (χ3v) is 2.85. The monoisotopic (exact) mass is 310 g/mol. The molecule has 0 heterocycles. The summed E-state index contributed by atoms with van der Waals surface area (Å²) >= 11 is 2.98. The molecule has 0 N–H and O–H groups in total. The molecule has 1 aromatic carbocycles. The Balaban J connectivity index is 3.45. The van der Waals surface area contributed by atoms with Crippen LogP contribution in [0, 0.1) is 0 Å². The van der Waals surface area contributed by atoms with Crippen molar-refractivity contribution in [1.82, 2.24) is 0 Å². The van der Waals surface area contributed by atoms with Crippen molar-refractivity contribution in [1.29, 1.82) is 0 Å². The second-order valence-electron chi connectivity index (χ2n) is 3.29. The molecular formula is C11H10BrF3O2. The molecule has 1 rings (SSSR count). The second kappa shape index (κ2) is 5.08.